The van der Waals surface area contributed by atoms with Gasteiger partial charge in [-0.2, -0.15) is 0 Å². The molecule has 0 radical (unpaired) electrons. The number of urea groups is 1. The van der Waals surface area contributed by atoms with E-state index in [1.807, 2.05) is 26.0 Å². The third kappa shape index (κ3) is 4.00. The molecule has 0 aliphatic heterocycles. The molecule has 0 saturated carbocycles. The van der Waals surface area contributed by atoms with Gasteiger partial charge in [-0.3, -0.25) is 10.3 Å². The van der Waals surface area contributed by atoms with E-state index in [4.69, 9.17) is 0 Å². The van der Waals surface area contributed by atoms with Crippen molar-refractivity contribution < 1.29 is 4.79 Å². The number of pyridine rings is 1. The molecule has 1 unspecified atom stereocenters. The summed E-state index contributed by atoms with van der Waals surface area (Å²) >= 11 is 1.39. The molecular formula is C15H21N5OS. The summed E-state index contributed by atoms with van der Waals surface area (Å²) in [6, 6.07) is 3.45. The van der Waals surface area contributed by atoms with Crippen LogP contribution in [0.2, 0.25) is 0 Å². The SMILES string of the molecule is CCc1nnc(NC(=O)NC(c2ncccc2C)C(C)C)s1. The van der Waals surface area contributed by atoms with Gasteiger partial charge in [0.25, 0.3) is 0 Å². The van der Waals surface area contributed by atoms with Crippen molar-refractivity contribution in [3.8, 4) is 0 Å². The van der Waals surface area contributed by atoms with Gasteiger partial charge in [-0.15, -0.1) is 10.2 Å². The molecule has 1 atom stereocenters. The minimum absolute atomic E-state index is 0.153. The van der Waals surface area contributed by atoms with Gasteiger partial charge in [-0.25, -0.2) is 4.79 Å². The van der Waals surface area contributed by atoms with Gasteiger partial charge in [0.2, 0.25) is 5.13 Å². The highest BCUT2D eigenvalue weighted by Crippen LogP contribution is 2.23. The van der Waals surface area contributed by atoms with Crippen LogP contribution in [0, 0.1) is 12.8 Å². The average molecular weight is 319 g/mol. The molecule has 0 aromatic carbocycles. The van der Waals surface area contributed by atoms with E-state index in [1.54, 1.807) is 6.20 Å². The zero-order valence-electron chi connectivity index (χ0n) is 13.3. The summed E-state index contributed by atoms with van der Waals surface area (Å²) in [4.78, 5) is 16.6. The maximum absolute atomic E-state index is 12.2. The Morgan fingerprint density at radius 2 is 2.14 bits per heavy atom. The van der Waals surface area contributed by atoms with Crippen LogP contribution in [0.15, 0.2) is 18.3 Å². The fourth-order valence-corrected chi connectivity index (χ4v) is 2.77. The molecule has 2 aromatic heterocycles. The van der Waals surface area contributed by atoms with Gasteiger partial charge in [0.15, 0.2) is 0 Å². The van der Waals surface area contributed by atoms with E-state index in [0.29, 0.717) is 5.13 Å². The number of hydrogen-bond acceptors (Lipinski definition) is 5. The van der Waals surface area contributed by atoms with Crippen LogP contribution in [0.3, 0.4) is 0 Å². The van der Waals surface area contributed by atoms with Crippen molar-refractivity contribution in [2.45, 2.75) is 40.2 Å². The predicted octanol–water partition coefficient (Wildman–Crippen LogP) is 3.32. The Kier molecular flexibility index (Phi) is 5.43. The first-order chi connectivity index (χ1) is 10.5. The zero-order valence-corrected chi connectivity index (χ0v) is 14.1. The average Bonchev–Trinajstić information content (AvgIpc) is 2.93. The molecule has 118 valence electrons. The number of aromatic nitrogens is 3. The van der Waals surface area contributed by atoms with Gasteiger partial charge in [0.05, 0.1) is 11.7 Å². The highest BCUT2D eigenvalue weighted by molar-refractivity contribution is 7.15. The molecule has 2 aromatic rings. The molecule has 22 heavy (non-hydrogen) atoms. The van der Waals surface area contributed by atoms with E-state index in [9.17, 15) is 4.79 Å². The summed E-state index contributed by atoms with van der Waals surface area (Å²) in [6.07, 6.45) is 2.55. The summed E-state index contributed by atoms with van der Waals surface area (Å²) in [5, 5.41) is 15.1. The van der Waals surface area contributed by atoms with Crippen LogP contribution in [0.25, 0.3) is 0 Å². The van der Waals surface area contributed by atoms with Crippen molar-refractivity contribution in [1.82, 2.24) is 20.5 Å². The monoisotopic (exact) mass is 319 g/mol. The van der Waals surface area contributed by atoms with E-state index in [2.05, 4.69) is 39.7 Å². The minimum atomic E-state index is -0.289. The lowest BCUT2D eigenvalue weighted by Gasteiger charge is -2.23. The van der Waals surface area contributed by atoms with Crippen molar-refractivity contribution in [3.05, 3.63) is 34.6 Å². The Hall–Kier alpha value is -2.02. The number of carbonyl (C=O) groups excluding carboxylic acids is 1. The molecule has 0 saturated heterocycles. The van der Waals surface area contributed by atoms with E-state index < -0.39 is 0 Å². The first-order valence-corrected chi connectivity index (χ1v) is 8.14. The van der Waals surface area contributed by atoms with Gasteiger partial charge in [0.1, 0.15) is 5.01 Å². The van der Waals surface area contributed by atoms with Gasteiger partial charge in [-0.05, 0) is 30.9 Å². The van der Waals surface area contributed by atoms with Crippen molar-refractivity contribution in [2.24, 2.45) is 5.92 Å². The van der Waals surface area contributed by atoms with Crippen LogP contribution in [0.1, 0.15) is 43.1 Å². The van der Waals surface area contributed by atoms with Crippen LogP contribution >= 0.6 is 11.3 Å². The molecule has 0 aliphatic carbocycles. The number of nitrogens with zero attached hydrogens (tertiary/aromatic N) is 3. The molecule has 0 spiro atoms. The normalized spacial score (nSPS) is 12.2. The van der Waals surface area contributed by atoms with Gasteiger partial charge in [0, 0.05) is 6.20 Å². The first kappa shape index (κ1) is 16.4. The lowest BCUT2D eigenvalue weighted by atomic mass is 9.97. The second-order valence-corrected chi connectivity index (χ2v) is 6.44. The molecule has 2 N–H and O–H groups in total. The van der Waals surface area contributed by atoms with E-state index in [0.717, 1.165) is 22.7 Å². The second-order valence-electron chi connectivity index (χ2n) is 5.38. The fraction of sp³-hybridized carbons (Fsp3) is 0.467. The Bertz CT molecular complexity index is 640. The number of aryl methyl sites for hydroxylation is 2. The fourth-order valence-electron chi connectivity index (χ4n) is 2.10. The van der Waals surface area contributed by atoms with Crippen LogP contribution in [0.4, 0.5) is 9.93 Å². The van der Waals surface area contributed by atoms with Crippen molar-refractivity contribution in [2.75, 3.05) is 5.32 Å². The number of amides is 2. The summed E-state index contributed by atoms with van der Waals surface area (Å²) in [5.74, 6) is 0.222. The quantitative estimate of drug-likeness (QED) is 0.886. The Labute approximate surface area is 134 Å². The summed E-state index contributed by atoms with van der Waals surface area (Å²) in [7, 11) is 0. The highest BCUT2D eigenvalue weighted by Gasteiger charge is 2.21. The third-order valence-electron chi connectivity index (χ3n) is 3.29. The molecule has 0 bridgehead atoms. The first-order valence-electron chi connectivity index (χ1n) is 7.32. The molecule has 0 aliphatic rings. The predicted molar refractivity (Wildman–Crippen MR) is 88.0 cm³/mol. The maximum Gasteiger partial charge on any atom is 0.321 e. The zero-order chi connectivity index (χ0) is 16.1. The Morgan fingerprint density at radius 3 is 2.73 bits per heavy atom. The van der Waals surface area contributed by atoms with Gasteiger partial charge in [-0.1, -0.05) is 38.2 Å². The summed E-state index contributed by atoms with van der Waals surface area (Å²) < 4.78 is 0. The van der Waals surface area contributed by atoms with Gasteiger partial charge >= 0.3 is 6.03 Å². The molecule has 0 fully saturated rings. The molecular weight excluding hydrogens is 298 g/mol. The summed E-state index contributed by atoms with van der Waals surface area (Å²) in [6.45, 7) is 8.11. The lowest BCUT2D eigenvalue weighted by molar-refractivity contribution is 0.244. The second kappa shape index (κ2) is 7.31. The van der Waals surface area contributed by atoms with Crippen LogP contribution in [-0.4, -0.2) is 21.2 Å². The largest absolute Gasteiger partial charge is 0.329 e. The van der Waals surface area contributed by atoms with E-state index in [-0.39, 0.29) is 18.0 Å². The molecule has 2 heterocycles. The maximum atomic E-state index is 12.2. The number of rotatable bonds is 5. The molecule has 7 heteroatoms. The Balaban J connectivity index is 2.08. The van der Waals surface area contributed by atoms with E-state index in [1.165, 1.54) is 11.3 Å². The molecule has 6 nitrogen and oxygen atoms in total. The summed E-state index contributed by atoms with van der Waals surface area (Å²) in [5.41, 5.74) is 1.95. The van der Waals surface area contributed by atoms with Crippen LogP contribution in [-0.2, 0) is 6.42 Å². The standard InChI is InChI=1S/C15H21N5OS/c1-5-11-19-20-15(22-11)18-14(21)17-12(9(2)3)13-10(4)7-6-8-16-13/h6-9,12H,5H2,1-4H3,(H2,17,18,20,21). The van der Waals surface area contributed by atoms with Crippen LogP contribution < -0.4 is 10.6 Å². The number of nitrogens with one attached hydrogen (secondary N) is 2. The topological polar surface area (TPSA) is 79.8 Å². The number of carbonyl (C=O) groups is 1. The van der Waals surface area contributed by atoms with Gasteiger partial charge < -0.3 is 5.32 Å². The minimum Gasteiger partial charge on any atom is -0.329 e. The molecule has 2 rings (SSSR count). The van der Waals surface area contributed by atoms with Crippen molar-refractivity contribution >= 4 is 22.5 Å². The number of anilines is 1. The highest BCUT2D eigenvalue weighted by atomic mass is 32.1. The van der Waals surface area contributed by atoms with Crippen LogP contribution in [0.5, 0.6) is 0 Å². The van der Waals surface area contributed by atoms with E-state index >= 15 is 0 Å². The van der Waals surface area contributed by atoms with Crippen molar-refractivity contribution in [1.29, 1.82) is 0 Å². The van der Waals surface area contributed by atoms with Crippen molar-refractivity contribution in [3.63, 3.8) is 0 Å². The Morgan fingerprint density at radius 1 is 1.36 bits per heavy atom. The number of hydrogen-bond donors (Lipinski definition) is 2. The lowest BCUT2D eigenvalue weighted by Crippen LogP contribution is -2.36. The molecule has 2 amide bonds. The third-order valence-corrected chi connectivity index (χ3v) is 4.27. The smallest absolute Gasteiger partial charge is 0.321 e.